The highest BCUT2D eigenvalue weighted by molar-refractivity contribution is 6.18. The number of nitrogens with one attached hydrogen (secondary N) is 1. The quantitative estimate of drug-likeness (QED) is 0.708. The van der Waals surface area contributed by atoms with Gasteiger partial charge >= 0.3 is 0 Å². The molecule has 0 saturated carbocycles. The highest BCUT2D eigenvalue weighted by atomic mass is 35.5. The summed E-state index contributed by atoms with van der Waals surface area (Å²) in [5, 5.41) is 3.53. The molecule has 2 atom stereocenters. The summed E-state index contributed by atoms with van der Waals surface area (Å²) < 4.78 is 0. The standard InChI is InChI=1S/C12H25ClN2/c1-3-11(10-13)14-8-7-12-6-4-5-9-15(12)2/h11-12,14H,3-10H2,1-2H3. The predicted octanol–water partition coefficient (Wildman–Crippen LogP) is 2.47. The fraction of sp³-hybridized carbons (Fsp3) is 1.00. The number of alkyl halides is 1. The van der Waals surface area contributed by atoms with Gasteiger partial charge in [-0.3, -0.25) is 0 Å². The van der Waals surface area contributed by atoms with Gasteiger partial charge in [0.2, 0.25) is 0 Å². The minimum Gasteiger partial charge on any atom is -0.313 e. The third-order valence-electron chi connectivity index (χ3n) is 3.51. The molecule has 1 fully saturated rings. The Morgan fingerprint density at radius 3 is 2.87 bits per heavy atom. The Bertz CT molecular complexity index is 160. The molecule has 0 spiro atoms. The van der Waals surface area contributed by atoms with Gasteiger partial charge < -0.3 is 10.2 Å². The molecule has 1 heterocycles. The lowest BCUT2D eigenvalue weighted by molar-refractivity contribution is 0.174. The first-order chi connectivity index (χ1) is 7.27. The Kier molecular flexibility index (Phi) is 6.62. The van der Waals surface area contributed by atoms with Crippen LogP contribution < -0.4 is 5.32 Å². The fourth-order valence-electron chi connectivity index (χ4n) is 2.27. The third kappa shape index (κ3) is 4.71. The lowest BCUT2D eigenvalue weighted by atomic mass is 10.00. The van der Waals surface area contributed by atoms with E-state index in [1.807, 2.05) is 0 Å². The van der Waals surface area contributed by atoms with E-state index in [2.05, 4.69) is 24.2 Å². The highest BCUT2D eigenvalue weighted by Gasteiger charge is 2.18. The fourth-order valence-corrected chi connectivity index (χ4v) is 2.60. The van der Waals surface area contributed by atoms with Gasteiger partial charge in [0.25, 0.3) is 0 Å². The molecule has 1 rings (SSSR count). The van der Waals surface area contributed by atoms with Gasteiger partial charge in [0.1, 0.15) is 0 Å². The predicted molar refractivity (Wildman–Crippen MR) is 67.7 cm³/mol. The van der Waals surface area contributed by atoms with E-state index >= 15 is 0 Å². The first-order valence-electron chi connectivity index (χ1n) is 6.27. The topological polar surface area (TPSA) is 15.3 Å². The maximum atomic E-state index is 5.84. The zero-order valence-corrected chi connectivity index (χ0v) is 10.9. The smallest absolute Gasteiger partial charge is 0.0377 e. The number of halogens is 1. The summed E-state index contributed by atoms with van der Waals surface area (Å²) in [6, 6.07) is 1.29. The van der Waals surface area contributed by atoms with Crippen molar-refractivity contribution < 1.29 is 0 Å². The summed E-state index contributed by atoms with van der Waals surface area (Å²) >= 11 is 5.84. The molecule has 0 amide bonds. The minimum atomic E-state index is 0.501. The molecule has 3 heteroatoms. The first-order valence-corrected chi connectivity index (χ1v) is 6.81. The van der Waals surface area contributed by atoms with Gasteiger partial charge in [-0.2, -0.15) is 0 Å². The van der Waals surface area contributed by atoms with Crippen molar-refractivity contribution in [2.75, 3.05) is 26.0 Å². The number of piperidine rings is 1. The first kappa shape index (κ1) is 13.3. The van der Waals surface area contributed by atoms with Crippen molar-refractivity contribution in [3.05, 3.63) is 0 Å². The molecule has 0 aliphatic carbocycles. The Hall–Kier alpha value is 0.210. The molecule has 0 aromatic rings. The lowest BCUT2D eigenvalue weighted by Gasteiger charge is -2.32. The molecule has 2 nitrogen and oxygen atoms in total. The van der Waals surface area contributed by atoms with E-state index in [-0.39, 0.29) is 0 Å². The van der Waals surface area contributed by atoms with E-state index in [1.165, 1.54) is 32.2 Å². The third-order valence-corrected chi connectivity index (χ3v) is 3.88. The van der Waals surface area contributed by atoms with E-state index in [0.29, 0.717) is 6.04 Å². The highest BCUT2D eigenvalue weighted by Crippen LogP contribution is 2.17. The van der Waals surface area contributed by atoms with E-state index in [4.69, 9.17) is 11.6 Å². The molecule has 90 valence electrons. The van der Waals surface area contributed by atoms with Gasteiger partial charge in [-0.15, -0.1) is 11.6 Å². The van der Waals surface area contributed by atoms with Crippen molar-refractivity contribution in [1.82, 2.24) is 10.2 Å². The normalized spacial score (nSPS) is 25.4. The molecule has 15 heavy (non-hydrogen) atoms. The summed E-state index contributed by atoms with van der Waals surface area (Å²) in [6.07, 6.45) is 6.55. The average Bonchev–Trinajstić information content (AvgIpc) is 2.27. The van der Waals surface area contributed by atoms with Gasteiger partial charge in [-0.1, -0.05) is 13.3 Å². The van der Waals surface area contributed by atoms with Crippen LogP contribution in [0.25, 0.3) is 0 Å². The van der Waals surface area contributed by atoms with Gasteiger partial charge in [-0.05, 0) is 45.8 Å². The molecule has 1 saturated heterocycles. The van der Waals surface area contributed by atoms with Crippen molar-refractivity contribution >= 4 is 11.6 Å². The lowest BCUT2D eigenvalue weighted by Crippen LogP contribution is -2.40. The average molecular weight is 233 g/mol. The van der Waals surface area contributed by atoms with Crippen molar-refractivity contribution in [2.24, 2.45) is 0 Å². The number of nitrogens with zero attached hydrogens (tertiary/aromatic N) is 1. The second kappa shape index (κ2) is 7.48. The van der Waals surface area contributed by atoms with Crippen LogP contribution in [0.5, 0.6) is 0 Å². The number of likely N-dealkylation sites (tertiary alicyclic amines) is 1. The molecule has 2 unspecified atom stereocenters. The van der Waals surface area contributed by atoms with Crippen LogP contribution in [0, 0.1) is 0 Å². The van der Waals surface area contributed by atoms with Gasteiger partial charge in [0, 0.05) is 18.0 Å². The van der Waals surface area contributed by atoms with E-state index in [0.717, 1.165) is 24.9 Å². The zero-order valence-electron chi connectivity index (χ0n) is 10.1. The van der Waals surface area contributed by atoms with Crippen LogP contribution in [-0.2, 0) is 0 Å². The molecule has 1 aliphatic rings. The molecule has 1 aliphatic heterocycles. The molecular formula is C12H25ClN2. The van der Waals surface area contributed by atoms with Crippen molar-refractivity contribution in [3.63, 3.8) is 0 Å². The van der Waals surface area contributed by atoms with E-state index in [1.54, 1.807) is 0 Å². The zero-order chi connectivity index (χ0) is 11.1. The van der Waals surface area contributed by atoms with E-state index in [9.17, 15) is 0 Å². The maximum absolute atomic E-state index is 5.84. The Morgan fingerprint density at radius 2 is 2.27 bits per heavy atom. The van der Waals surface area contributed by atoms with Crippen LogP contribution in [0.15, 0.2) is 0 Å². The minimum absolute atomic E-state index is 0.501. The monoisotopic (exact) mass is 232 g/mol. The van der Waals surface area contributed by atoms with Crippen molar-refractivity contribution in [3.8, 4) is 0 Å². The summed E-state index contributed by atoms with van der Waals surface area (Å²) in [5.41, 5.74) is 0. The van der Waals surface area contributed by atoms with Crippen molar-refractivity contribution in [2.45, 2.75) is 51.1 Å². The van der Waals surface area contributed by atoms with Gasteiger partial charge in [-0.25, -0.2) is 0 Å². The van der Waals surface area contributed by atoms with Crippen LogP contribution in [0.3, 0.4) is 0 Å². The van der Waals surface area contributed by atoms with Crippen LogP contribution in [0.1, 0.15) is 39.0 Å². The SMILES string of the molecule is CCC(CCl)NCCC1CCCCN1C. The van der Waals surface area contributed by atoms with Crippen molar-refractivity contribution in [1.29, 1.82) is 0 Å². The van der Waals surface area contributed by atoms with Crippen LogP contribution >= 0.6 is 11.6 Å². The molecule has 0 aromatic carbocycles. The molecule has 0 bridgehead atoms. The van der Waals surface area contributed by atoms with E-state index < -0.39 is 0 Å². The Labute approximate surface area is 99.4 Å². The summed E-state index contributed by atoms with van der Waals surface area (Å²) in [5.74, 6) is 0.733. The number of hydrogen-bond acceptors (Lipinski definition) is 2. The Morgan fingerprint density at radius 1 is 1.47 bits per heavy atom. The van der Waals surface area contributed by atoms with Crippen LogP contribution in [-0.4, -0.2) is 43.0 Å². The Balaban J connectivity index is 2.12. The maximum Gasteiger partial charge on any atom is 0.0377 e. The summed E-state index contributed by atoms with van der Waals surface area (Å²) in [6.45, 7) is 4.57. The van der Waals surface area contributed by atoms with Gasteiger partial charge in [0.05, 0.1) is 0 Å². The summed E-state index contributed by atoms with van der Waals surface area (Å²) in [7, 11) is 2.25. The molecular weight excluding hydrogens is 208 g/mol. The number of hydrogen-bond donors (Lipinski definition) is 1. The molecule has 0 aromatic heterocycles. The second-order valence-corrected chi connectivity index (χ2v) is 4.94. The van der Waals surface area contributed by atoms with Crippen LogP contribution in [0.4, 0.5) is 0 Å². The van der Waals surface area contributed by atoms with Gasteiger partial charge in [0.15, 0.2) is 0 Å². The van der Waals surface area contributed by atoms with Crippen LogP contribution in [0.2, 0.25) is 0 Å². The largest absolute Gasteiger partial charge is 0.313 e. The second-order valence-electron chi connectivity index (χ2n) is 4.63. The summed E-state index contributed by atoms with van der Waals surface area (Å²) in [4.78, 5) is 2.51. The molecule has 1 N–H and O–H groups in total. The molecule has 0 radical (unpaired) electrons. The number of rotatable bonds is 6.